The number of hydrogen-bond donors (Lipinski definition) is 5. The molecule has 11 heteroatoms. The number of carbonyl (C=O) groups excluding carboxylic acids is 2. The van der Waals surface area contributed by atoms with Gasteiger partial charge in [-0.1, -0.05) is 24.8 Å². The second-order valence-electron chi connectivity index (χ2n) is 10.4. The molecule has 0 spiro atoms. The molecule has 11 nitrogen and oxygen atoms in total. The van der Waals surface area contributed by atoms with Crippen LogP contribution >= 0.6 is 0 Å². The van der Waals surface area contributed by atoms with E-state index in [0.29, 0.717) is 29.6 Å². The molecule has 2 heterocycles. The number of rotatable bonds is 7. The number of aliphatic hydroxyl groups excluding tert-OH is 4. The van der Waals surface area contributed by atoms with E-state index < -0.39 is 61.5 Å². The van der Waals surface area contributed by atoms with Crippen molar-refractivity contribution in [3.05, 3.63) is 65.3 Å². The van der Waals surface area contributed by atoms with E-state index in [2.05, 4.69) is 6.58 Å². The minimum Gasteiger partial charge on any atom is -0.508 e. The predicted molar refractivity (Wildman–Crippen MR) is 140 cm³/mol. The van der Waals surface area contributed by atoms with Gasteiger partial charge >= 0.3 is 11.9 Å². The highest BCUT2D eigenvalue weighted by Gasteiger charge is 2.45. The van der Waals surface area contributed by atoms with Crippen LogP contribution in [0.5, 0.6) is 5.75 Å². The molecular weight excluding hydrogens is 524 g/mol. The van der Waals surface area contributed by atoms with Crippen molar-refractivity contribution in [2.24, 2.45) is 5.92 Å². The fourth-order valence-corrected chi connectivity index (χ4v) is 5.03. The molecule has 8 atom stereocenters. The lowest BCUT2D eigenvalue weighted by atomic mass is 9.87. The van der Waals surface area contributed by atoms with Gasteiger partial charge in [0, 0.05) is 11.5 Å². The van der Waals surface area contributed by atoms with Crippen LogP contribution in [0.3, 0.4) is 0 Å². The molecule has 5 N–H and O–H groups in total. The number of ether oxygens (including phenoxy) is 4. The number of carbonyl (C=O) groups is 2. The average Bonchev–Trinajstić information content (AvgIpc) is 3.19. The van der Waals surface area contributed by atoms with Crippen LogP contribution in [0.25, 0.3) is 0 Å². The van der Waals surface area contributed by atoms with E-state index in [-0.39, 0.29) is 31.1 Å². The molecule has 0 saturated carbocycles. The number of esters is 2. The fraction of sp³-hybridized carbons (Fsp3) is 0.517. The topological polar surface area (TPSA) is 172 Å². The highest BCUT2D eigenvalue weighted by Crippen LogP contribution is 2.35. The number of aliphatic hydroxyl groups is 4. The molecule has 0 radical (unpaired) electrons. The zero-order valence-electron chi connectivity index (χ0n) is 22.2. The van der Waals surface area contributed by atoms with E-state index in [0.717, 1.165) is 5.57 Å². The lowest BCUT2D eigenvalue weighted by Crippen LogP contribution is -2.59. The number of fused-ring (bicyclic) bond motifs is 1. The van der Waals surface area contributed by atoms with Crippen LogP contribution in [0.1, 0.15) is 31.7 Å². The third-order valence-corrected chi connectivity index (χ3v) is 7.53. The van der Waals surface area contributed by atoms with Crippen LogP contribution in [-0.2, 0) is 35.0 Å². The summed E-state index contributed by atoms with van der Waals surface area (Å²) in [4.78, 5) is 24.8. The molecule has 40 heavy (non-hydrogen) atoms. The lowest BCUT2D eigenvalue weighted by Gasteiger charge is -2.41. The Labute approximate surface area is 231 Å². The van der Waals surface area contributed by atoms with Gasteiger partial charge in [0.1, 0.15) is 42.9 Å². The molecule has 218 valence electrons. The second kappa shape index (κ2) is 13.1. The summed E-state index contributed by atoms with van der Waals surface area (Å²) in [5, 5.41) is 49.7. The summed E-state index contributed by atoms with van der Waals surface area (Å²) in [5.74, 6) is -1.14. The maximum atomic E-state index is 12.5. The van der Waals surface area contributed by atoms with E-state index in [1.54, 1.807) is 25.1 Å². The lowest BCUT2D eigenvalue weighted by molar-refractivity contribution is -0.308. The van der Waals surface area contributed by atoms with Gasteiger partial charge in [0.2, 0.25) is 0 Å². The summed E-state index contributed by atoms with van der Waals surface area (Å²) in [7, 11) is 0. The minimum absolute atomic E-state index is 0.00507. The maximum Gasteiger partial charge on any atom is 0.334 e. The van der Waals surface area contributed by atoms with Crippen molar-refractivity contribution in [1.29, 1.82) is 0 Å². The van der Waals surface area contributed by atoms with Gasteiger partial charge < -0.3 is 44.5 Å². The molecule has 2 saturated heterocycles. The first-order valence-corrected chi connectivity index (χ1v) is 13.2. The average molecular weight is 561 g/mol. The predicted octanol–water partition coefficient (Wildman–Crippen LogP) is 0.817. The summed E-state index contributed by atoms with van der Waals surface area (Å²) < 4.78 is 22.6. The Bertz CT molecular complexity index is 1140. The summed E-state index contributed by atoms with van der Waals surface area (Å²) in [6, 6.07) is 6.26. The molecule has 3 aliphatic rings. The van der Waals surface area contributed by atoms with E-state index in [4.69, 9.17) is 18.9 Å². The monoisotopic (exact) mass is 560 g/mol. The zero-order valence-corrected chi connectivity index (χ0v) is 22.2. The first-order chi connectivity index (χ1) is 19.1. The van der Waals surface area contributed by atoms with Crippen LogP contribution in [0.4, 0.5) is 0 Å². The fourth-order valence-electron chi connectivity index (χ4n) is 5.03. The van der Waals surface area contributed by atoms with Crippen LogP contribution in [0.15, 0.2) is 59.7 Å². The smallest absolute Gasteiger partial charge is 0.334 e. The Hall–Kier alpha value is -3.06. The van der Waals surface area contributed by atoms with Gasteiger partial charge in [-0.3, -0.25) is 4.79 Å². The Morgan fingerprint density at radius 2 is 1.85 bits per heavy atom. The highest BCUT2D eigenvalue weighted by atomic mass is 16.7. The standard InChI is InChI=1S/C29H36O11/c1-15-11-22-20(16(2)28(36)38-22)9-5-18(14-37-24(32)12-17-3-7-19(31)8-4-17)6-10-21(15)39-29-27(35)26(34)25(33)23(13-30)40-29/h3-4,6-8,11,20-23,25-27,29-31,33-35H,2,5,9-10,12-14H2,1H3/t20-,21+,22+,23+,25+,26-,27+,29+/m0/s1. The van der Waals surface area contributed by atoms with Gasteiger partial charge in [-0.2, -0.15) is 0 Å². The number of phenolic OH excluding ortho intramolecular Hbond substituents is 1. The van der Waals surface area contributed by atoms with Crippen LogP contribution in [-0.4, -0.2) is 93.6 Å². The molecule has 1 aliphatic carbocycles. The van der Waals surface area contributed by atoms with Crippen molar-refractivity contribution >= 4 is 11.9 Å². The summed E-state index contributed by atoms with van der Waals surface area (Å²) in [5.41, 5.74) is 2.49. The molecular formula is C29H36O11. The molecule has 2 fully saturated rings. The molecule has 4 rings (SSSR count). The Kier molecular flexibility index (Phi) is 9.77. The van der Waals surface area contributed by atoms with Crippen LogP contribution in [0, 0.1) is 5.92 Å². The van der Waals surface area contributed by atoms with E-state index >= 15 is 0 Å². The van der Waals surface area contributed by atoms with Gasteiger partial charge in [-0.25, -0.2) is 4.79 Å². The Balaban J connectivity index is 1.51. The van der Waals surface area contributed by atoms with E-state index in [1.807, 2.05) is 6.08 Å². The first kappa shape index (κ1) is 29.9. The second-order valence-corrected chi connectivity index (χ2v) is 10.4. The summed E-state index contributed by atoms with van der Waals surface area (Å²) in [6.45, 7) is 5.08. The molecule has 1 aromatic rings. The number of benzene rings is 1. The van der Waals surface area contributed by atoms with E-state index in [9.17, 15) is 35.1 Å². The van der Waals surface area contributed by atoms with Crippen molar-refractivity contribution < 1.29 is 54.1 Å². The van der Waals surface area contributed by atoms with Gasteiger partial charge in [0.25, 0.3) is 0 Å². The van der Waals surface area contributed by atoms with Gasteiger partial charge in [0.05, 0.1) is 19.1 Å². The Morgan fingerprint density at radius 1 is 1.12 bits per heavy atom. The quantitative estimate of drug-likeness (QED) is 0.182. The maximum absolute atomic E-state index is 12.5. The van der Waals surface area contributed by atoms with Gasteiger partial charge in [-0.15, -0.1) is 0 Å². The van der Waals surface area contributed by atoms with Crippen molar-refractivity contribution in [3.8, 4) is 5.75 Å². The highest BCUT2D eigenvalue weighted by molar-refractivity contribution is 5.91. The van der Waals surface area contributed by atoms with Crippen LogP contribution in [0.2, 0.25) is 0 Å². The molecule has 0 bridgehead atoms. The van der Waals surface area contributed by atoms with Crippen molar-refractivity contribution in [2.75, 3.05) is 13.2 Å². The van der Waals surface area contributed by atoms with Crippen molar-refractivity contribution in [1.82, 2.24) is 0 Å². The minimum atomic E-state index is -1.60. The van der Waals surface area contributed by atoms with Gasteiger partial charge in [-0.05, 0) is 61.1 Å². The SMILES string of the molecule is C=C1C(=O)O[C@@H]2C=C(C)[C@H](O[C@@H]3O[C@H](CO)[C@@H](O)[C@H](O)[C@H]3O)CC=C(COC(=O)Cc3ccc(O)cc3)CC[C@@H]12. The molecule has 0 amide bonds. The van der Waals surface area contributed by atoms with Crippen LogP contribution < -0.4 is 0 Å². The van der Waals surface area contributed by atoms with E-state index in [1.165, 1.54) is 12.1 Å². The largest absolute Gasteiger partial charge is 0.508 e. The molecule has 0 unspecified atom stereocenters. The Morgan fingerprint density at radius 3 is 2.55 bits per heavy atom. The molecule has 2 aliphatic heterocycles. The number of phenols is 1. The van der Waals surface area contributed by atoms with Crippen molar-refractivity contribution in [2.45, 2.75) is 75.5 Å². The summed E-state index contributed by atoms with van der Waals surface area (Å²) in [6.07, 6.45) is -3.52. The number of aromatic hydroxyl groups is 1. The van der Waals surface area contributed by atoms with Crippen molar-refractivity contribution in [3.63, 3.8) is 0 Å². The third-order valence-electron chi connectivity index (χ3n) is 7.53. The zero-order chi connectivity index (χ0) is 29.0. The normalized spacial score (nSPS) is 32.9. The third kappa shape index (κ3) is 6.98. The molecule has 0 aromatic heterocycles. The molecule has 1 aromatic carbocycles. The summed E-state index contributed by atoms with van der Waals surface area (Å²) >= 11 is 0. The van der Waals surface area contributed by atoms with Gasteiger partial charge in [0.15, 0.2) is 6.29 Å². The first-order valence-electron chi connectivity index (χ1n) is 13.2. The number of hydrogen-bond acceptors (Lipinski definition) is 11.